The van der Waals surface area contributed by atoms with E-state index in [9.17, 15) is 9.59 Å². The number of fused-ring (bicyclic) bond motifs is 1. The van der Waals surface area contributed by atoms with Gasteiger partial charge in [-0.3, -0.25) is 4.79 Å². The fraction of sp³-hybridized carbons (Fsp3) is 0.500. The lowest BCUT2D eigenvalue weighted by molar-refractivity contribution is 0.0445. The molecule has 2 aromatic rings. The van der Waals surface area contributed by atoms with Crippen LogP contribution in [0, 0.1) is 5.92 Å². The smallest absolute Gasteiger partial charge is 0.349 e. The Kier molecular flexibility index (Phi) is 4.57. The van der Waals surface area contributed by atoms with Crippen LogP contribution in [0.25, 0.3) is 11.0 Å². The van der Waals surface area contributed by atoms with Crippen molar-refractivity contribution < 1.29 is 13.9 Å². The number of benzene rings is 1. The number of carbonyl (C=O) groups is 1. The highest BCUT2D eigenvalue weighted by molar-refractivity contribution is 5.96. The first-order valence-electron chi connectivity index (χ1n) is 9.14. The second kappa shape index (κ2) is 7.00. The second-order valence-corrected chi connectivity index (χ2v) is 7.13. The third-order valence-corrected chi connectivity index (χ3v) is 5.31. The first-order valence-corrected chi connectivity index (χ1v) is 9.14. The lowest BCUT2D eigenvalue weighted by atomic mass is 9.85. The summed E-state index contributed by atoms with van der Waals surface area (Å²) >= 11 is 0. The van der Waals surface area contributed by atoms with Crippen LogP contribution in [0.4, 0.5) is 0 Å². The molecule has 5 nitrogen and oxygen atoms in total. The van der Waals surface area contributed by atoms with E-state index in [0.717, 1.165) is 37.7 Å². The normalized spacial score (nSPS) is 20.6. The van der Waals surface area contributed by atoms with Crippen molar-refractivity contribution in [1.29, 1.82) is 0 Å². The molecule has 132 valence electrons. The van der Waals surface area contributed by atoms with Crippen LogP contribution in [-0.4, -0.2) is 36.6 Å². The van der Waals surface area contributed by atoms with Crippen molar-refractivity contribution in [2.75, 3.05) is 19.7 Å². The molecule has 0 radical (unpaired) electrons. The van der Waals surface area contributed by atoms with Gasteiger partial charge in [-0.05, 0) is 43.7 Å². The number of carbonyl (C=O) groups excluding carboxylic acids is 1. The van der Waals surface area contributed by atoms with Crippen molar-refractivity contribution in [1.82, 2.24) is 4.90 Å². The van der Waals surface area contributed by atoms with Crippen molar-refractivity contribution in [2.45, 2.75) is 38.2 Å². The second-order valence-electron chi connectivity index (χ2n) is 7.13. The van der Waals surface area contributed by atoms with E-state index >= 15 is 0 Å². The van der Waals surface area contributed by atoms with Gasteiger partial charge < -0.3 is 14.1 Å². The fourth-order valence-electron chi connectivity index (χ4n) is 3.64. The summed E-state index contributed by atoms with van der Waals surface area (Å²) in [7, 11) is 0. The minimum absolute atomic E-state index is 0.0801. The third kappa shape index (κ3) is 3.47. The molecule has 1 atom stereocenters. The zero-order valence-electron chi connectivity index (χ0n) is 14.3. The molecule has 25 heavy (non-hydrogen) atoms. The average Bonchev–Trinajstić information content (AvgIpc) is 3.08. The summed E-state index contributed by atoms with van der Waals surface area (Å²) in [6.07, 6.45) is 5.62. The molecule has 2 heterocycles. The molecule has 1 unspecified atom stereocenters. The monoisotopic (exact) mass is 341 g/mol. The summed E-state index contributed by atoms with van der Waals surface area (Å²) in [6.45, 7) is 2.01. The molecule has 0 spiro atoms. The van der Waals surface area contributed by atoms with Crippen LogP contribution in [0.5, 0.6) is 0 Å². The van der Waals surface area contributed by atoms with Gasteiger partial charge >= 0.3 is 5.63 Å². The lowest BCUT2D eigenvalue weighted by Crippen LogP contribution is -2.43. The molecule has 4 rings (SSSR count). The molecule has 1 saturated heterocycles. The van der Waals surface area contributed by atoms with E-state index in [-0.39, 0.29) is 17.6 Å². The number of rotatable bonds is 5. The molecule has 0 N–H and O–H groups in total. The number of ether oxygens (including phenoxy) is 1. The van der Waals surface area contributed by atoms with Gasteiger partial charge in [0.1, 0.15) is 11.1 Å². The van der Waals surface area contributed by atoms with Gasteiger partial charge in [0.2, 0.25) is 0 Å². The maximum Gasteiger partial charge on any atom is 0.349 e. The van der Waals surface area contributed by atoms with E-state index in [0.29, 0.717) is 24.6 Å². The summed E-state index contributed by atoms with van der Waals surface area (Å²) in [5, 5.41) is 0.770. The standard InChI is InChI=1S/C20H23NO4/c22-19(17-11-15-7-1-2-9-18(15)25-20(17)23)21(12-14-5-3-6-14)13-16-8-4-10-24-16/h1-2,7,9,11,14,16H,3-6,8,10,12-13H2. The number of hydrogen-bond acceptors (Lipinski definition) is 4. The Morgan fingerprint density at radius 2 is 1.96 bits per heavy atom. The van der Waals surface area contributed by atoms with Crippen LogP contribution in [0.1, 0.15) is 42.5 Å². The Balaban J connectivity index is 1.61. The molecule has 2 aliphatic rings. The van der Waals surface area contributed by atoms with E-state index < -0.39 is 5.63 Å². The van der Waals surface area contributed by atoms with Crippen LogP contribution in [0.15, 0.2) is 39.5 Å². The zero-order chi connectivity index (χ0) is 17.2. The summed E-state index contributed by atoms with van der Waals surface area (Å²) in [5.74, 6) is 0.305. The van der Waals surface area contributed by atoms with E-state index in [4.69, 9.17) is 9.15 Å². The summed E-state index contributed by atoms with van der Waals surface area (Å²) in [4.78, 5) is 27.2. The predicted molar refractivity (Wildman–Crippen MR) is 94.7 cm³/mol. The van der Waals surface area contributed by atoms with Crippen molar-refractivity contribution in [3.8, 4) is 0 Å². The van der Waals surface area contributed by atoms with Gasteiger partial charge in [0.25, 0.3) is 5.91 Å². The van der Waals surface area contributed by atoms with Gasteiger partial charge in [-0.25, -0.2) is 4.79 Å². The number of hydrogen-bond donors (Lipinski definition) is 0. The molecule has 0 bridgehead atoms. The molecule has 5 heteroatoms. The number of nitrogens with zero attached hydrogens (tertiary/aromatic N) is 1. The molecular formula is C20H23NO4. The Morgan fingerprint density at radius 1 is 1.12 bits per heavy atom. The van der Waals surface area contributed by atoms with Gasteiger partial charge in [0.05, 0.1) is 6.10 Å². The van der Waals surface area contributed by atoms with Crippen molar-refractivity contribution in [2.24, 2.45) is 5.92 Å². The van der Waals surface area contributed by atoms with Crippen LogP contribution in [0.3, 0.4) is 0 Å². The molecule has 1 aliphatic carbocycles. The highest BCUT2D eigenvalue weighted by Gasteiger charge is 2.29. The fourth-order valence-corrected chi connectivity index (χ4v) is 3.64. The summed E-state index contributed by atoms with van der Waals surface area (Å²) < 4.78 is 11.1. The Bertz CT molecular complexity index is 818. The zero-order valence-corrected chi connectivity index (χ0v) is 14.3. The first kappa shape index (κ1) is 16.3. The predicted octanol–water partition coefficient (Wildman–Crippen LogP) is 3.21. The highest BCUT2D eigenvalue weighted by Crippen LogP contribution is 2.28. The molecule has 1 aromatic carbocycles. The molecular weight excluding hydrogens is 318 g/mol. The molecule has 2 fully saturated rings. The van der Waals surface area contributed by atoms with Crippen LogP contribution in [-0.2, 0) is 4.74 Å². The Labute approximate surface area is 146 Å². The van der Waals surface area contributed by atoms with Gasteiger partial charge in [-0.15, -0.1) is 0 Å². The molecule has 1 saturated carbocycles. The van der Waals surface area contributed by atoms with Gasteiger partial charge in [-0.2, -0.15) is 0 Å². The van der Waals surface area contributed by atoms with Crippen LogP contribution in [0.2, 0.25) is 0 Å². The average molecular weight is 341 g/mol. The Hall–Kier alpha value is -2.14. The van der Waals surface area contributed by atoms with E-state index in [1.165, 1.54) is 6.42 Å². The van der Waals surface area contributed by atoms with Crippen LogP contribution >= 0.6 is 0 Å². The number of amides is 1. The summed E-state index contributed by atoms with van der Waals surface area (Å²) in [5.41, 5.74) is 0.0689. The lowest BCUT2D eigenvalue weighted by Gasteiger charge is -2.33. The van der Waals surface area contributed by atoms with E-state index in [1.54, 1.807) is 17.0 Å². The maximum atomic E-state index is 13.1. The van der Waals surface area contributed by atoms with Gasteiger partial charge in [0, 0.05) is 25.1 Å². The number of para-hydroxylation sites is 1. The Morgan fingerprint density at radius 3 is 2.68 bits per heavy atom. The quantitative estimate of drug-likeness (QED) is 0.784. The topological polar surface area (TPSA) is 59.8 Å². The first-order chi connectivity index (χ1) is 12.2. The SMILES string of the molecule is O=C(c1cc2ccccc2oc1=O)N(CC1CCC1)CC1CCCO1. The largest absolute Gasteiger partial charge is 0.422 e. The van der Waals surface area contributed by atoms with Crippen molar-refractivity contribution >= 4 is 16.9 Å². The van der Waals surface area contributed by atoms with Gasteiger partial charge in [0.15, 0.2) is 0 Å². The molecule has 1 aromatic heterocycles. The van der Waals surface area contributed by atoms with Crippen molar-refractivity contribution in [3.05, 3.63) is 46.3 Å². The van der Waals surface area contributed by atoms with E-state index in [1.807, 2.05) is 18.2 Å². The van der Waals surface area contributed by atoms with E-state index in [2.05, 4.69) is 0 Å². The summed E-state index contributed by atoms with van der Waals surface area (Å²) in [6, 6.07) is 8.93. The maximum absolute atomic E-state index is 13.1. The molecule has 1 aliphatic heterocycles. The minimum atomic E-state index is -0.561. The minimum Gasteiger partial charge on any atom is -0.422 e. The van der Waals surface area contributed by atoms with Crippen molar-refractivity contribution in [3.63, 3.8) is 0 Å². The van der Waals surface area contributed by atoms with Crippen LogP contribution < -0.4 is 5.63 Å². The molecule has 1 amide bonds. The van der Waals surface area contributed by atoms with Gasteiger partial charge in [-0.1, -0.05) is 24.6 Å². The third-order valence-electron chi connectivity index (χ3n) is 5.31. The highest BCUT2D eigenvalue weighted by atomic mass is 16.5.